The third-order valence-electron chi connectivity index (χ3n) is 5.30. The summed E-state index contributed by atoms with van der Waals surface area (Å²) in [4.78, 5) is 30.2. The number of aromatic nitrogens is 5. The highest BCUT2D eigenvalue weighted by Crippen LogP contribution is 2.33. The number of thiazole rings is 1. The molecular weight excluding hydrogens is 396 g/mol. The lowest BCUT2D eigenvalue weighted by molar-refractivity contribution is 0.0975. The lowest BCUT2D eigenvalue weighted by atomic mass is 10.0. The number of carbonyl (C=O) groups excluding carboxylic acids is 1. The van der Waals surface area contributed by atoms with Crippen molar-refractivity contribution < 1.29 is 4.79 Å². The van der Waals surface area contributed by atoms with Gasteiger partial charge in [-0.25, -0.2) is 14.5 Å². The van der Waals surface area contributed by atoms with E-state index in [9.17, 15) is 4.79 Å². The van der Waals surface area contributed by atoms with Crippen LogP contribution in [0.25, 0.3) is 5.78 Å². The highest BCUT2D eigenvalue weighted by atomic mass is 32.1. The van der Waals surface area contributed by atoms with Crippen LogP contribution >= 0.6 is 11.3 Å². The van der Waals surface area contributed by atoms with Gasteiger partial charge in [-0.05, 0) is 51.2 Å². The maximum atomic E-state index is 13.6. The molecule has 0 unspecified atom stereocenters. The molecule has 8 heteroatoms. The fraction of sp³-hybridized carbons (Fsp3) is 0.318. The Morgan fingerprint density at radius 3 is 2.70 bits per heavy atom. The summed E-state index contributed by atoms with van der Waals surface area (Å²) in [6, 6.07) is 11.9. The van der Waals surface area contributed by atoms with Gasteiger partial charge in [0.15, 0.2) is 5.13 Å². The molecule has 0 aliphatic heterocycles. The third-order valence-corrected chi connectivity index (χ3v) is 6.48. The third kappa shape index (κ3) is 3.47. The Hall–Kier alpha value is -3.13. The van der Waals surface area contributed by atoms with Crippen molar-refractivity contribution in [3.8, 4) is 0 Å². The zero-order valence-corrected chi connectivity index (χ0v) is 17.8. The van der Waals surface area contributed by atoms with Gasteiger partial charge in [-0.15, -0.1) is 16.4 Å². The number of anilines is 1. The van der Waals surface area contributed by atoms with E-state index in [0.29, 0.717) is 12.3 Å². The van der Waals surface area contributed by atoms with E-state index in [4.69, 9.17) is 4.98 Å². The van der Waals surface area contributed by atoms with Crippen molar-refractivity contribution in [2.24, 2.45) is 0 Å². The van der Waals surface area contributed by atoms with Gasteiger partial charge in [0.25, 0.3) is 11.7 Å². The highest BCUT2D eigenvalue weighted by Gasteiger charge is 2.27. The van der Waals surface area contributed by atoms with Gasteiger partial charge in [0.2, 0.25) is 5.82 Å². The lowest BCUT2D eigenvalue weighted by Crippen LogP contribution is -2.31. The fourth-order valence-corrected chi connectivity index (χ4v) is 4.97. The van der Waals surface area contributed by atoms with E-state index < -0.39 is 0 Å². The number of rotatable bonds is 4. The van der Waals surface area contributed by atoms with Gasteiger partial charge in [0.1, 0.15) is 0 Å². The van der Waals surface area contributed by atoms with E-state index in [2.05, 4.69) is 15.1 Å². The Morgan fingerprint density at radius 2 is 1.90 bits per heavy atom. The molecule has 3 aromatic heterocycles. The van der Waals surface area contributed by atoms with E-state index in [1.807, 2.05) is 50.2 Å². The minimum absolute atomic E-state index is 0.139. The number of hydrogen-bond acceptors (Lipinski definition) is 6. The van der Waals surface area contributed by atoms with E-state index in [1.165, 1.54) is 11.3 Å². The number of carbonyl (C=O) groups is 1. The Labute approximate surface area is 178 Å². The molecule has 7 nitrogen and oxygen atoms in total. The SMILES string of the molecule is Cc1cc(C)n2nc(C(=O)N(Cc3ccccc3)c3nc4c(s3)CCCC4)nc2n1. The van der Waals surface area contributed by atoms with E-state index in [-0.39, 0.29) is 11.7 Å². The summed E-state index contributed by atoms with van der Waals surface area (Å²) in [6.07, 6.45) is 4.35. The number of aryl methyl sites for hydroxylation is 4. The van der Waals surface area contributed by atoms with Crippen LogP contribution in [0.1, 0.15) is 51.0 Å². The standard InChI is InChI=1S/C22H22N6OS/c1-14-12-15(2)28-21(23-14)25-19(26-28)20(29)27(13-16-8-4-3-5-9-16)22-24-17-10-6-7-11-18(17)30-22/h3-5,8-9,12H,6-7,10-11,13H2,1-2H3. The van der Waals surface area contributed by atoms with Crippen molar-refractivity contribution in [1.29, 1.82) is 0 Å². The predicted octanol–water partition coefficient (Wildman–Crippen LogP) is 3.92. The first-order valence-corrected chi connectivity index (χ1v) is 11.0. The number of amides is 1. The zero-order chi connectivity index (χ0) is 20.7. The molecule has 4 aromatic rings. The number of benzene rings is 1. The normalized spacial score (nSPS) is 13.4. The first-order valence-electron chi connectivity index (χ1n) is 10.1. The molecule has 0 radical (unpaired) electrons. The summed E-state index contributed by atoms with van der Waals surface area (Å²) < 4.78 is 1.62. The van der Waals surface area contributed by atoms with E-state index in [0.717, 1.165) is 47.0 Å². The van der Waals surface area contributed by atoms with Gasteiger partial charge in [-0.1, -0.05) is 30.3 Å². The molecular formula is C22H22N6OS. The van der Waals surface area contributed by atoms with Crippen LogP contribution in [0.4, 0.5) is 5.13 Å². The smallest absolute Gasteiger partial charge is 0.277 e. The predicted molar refractivity (Wildman–Crippen MR) is 116 cm³/mol. The van der Waals surface area contributed by atoms with Gasteiger partial charge >= 0.3 is 0 Å². The van der Waals surface area contributed by atoms with Crippen LogP contribution in [0.3, 0.4) is 0 Å². The van der Waals surface area contributed by atoms with Crippen molar-refractivity contribution in [2.75, 3.05) is 4.90 Å². The monoisotopic (exact) mass is 418 g/mol. The quantitative estimate of drug-likeness (QED) is 0.502. The Morgan fingerprint density at radius 1 is 1.10 bits per heavy atom. The maximum absolute atomic E-state index is 13.6. The van der Waals surface area contributed by atoms with E-state index >= 15 is 0 Å². The van der Waals surface area contributed by atoms with Crippen molar-refractivity contribution in [3.63, 3.8) is 0 Å². The molecule has 30 heavy (non-hydrogen) atoms. The molecule has 5 rings (SSSR count). The fourth-order valence-electron chi connectivity index (χ4n) is 3.82. The van der Waals surface area contributed by atoms with Crippen LogP contribution in [0.2, 0.25) is 0 Å². The van der Waals surface area contributed by atoms with Crippen molar-refractivity contribution in [2.45, 2.75) is 46.1 Å². The van der Waals surface area contributed by atoms with Crippen LogP contribution in [-0.4, -0.2) is 30.5 Å². The maximum Gasteiger partial charge on any atom is 0.300 e. The summed E-state index contributed by atoms with van der Waals surface area (Å²) in [5.41, 5.74) is 3.90. The molecule has 0 fully saturated rings. The lowest BCUT2D eigenvalue weighted by Gasteiger charge is -2.18. The number of nitrogens with zero attached hydrogens (tertiary/aromatic N) is 6. The second-order valence-electron chi connectivity index (χ2n) is 7.64. The van der Waals surface area contributed by atoms with E-state index in [1.54, 1.807) is 20.8 Å². The van der Waals surface area contributed by atoms with Crippen molar-refractivity contribution in [1.82, 2.24) is 24.6 Å². The van der Waals surface area contributed by atoms with Gasteiger partial charge in [-0.3, -0.25) is 9.69 Å². The topological polar surface area (TPSA) is 76.3 Å². The average molecular weight is 419 g/mol. The largest absolute Gasteiger partial charge is 0.300 e. The molecule has 3 heterocycles. The summed E-state index contributed by atoms with van der Waals surface area (Å²) in [5, 5.41) is 5.17. The van der Waals surface area contributed by atoms with Gasteiger partial charge in [-0.2, -0.15) is 4.98 Å². The molecule has 0 saturated heterocycles. The Kier molecular flexibility index (Phi) is 4.78. The molecule has 0 N–H and O–H groups in total. The molecule has 1 amide bonds. The van der Waals surface area contributed by atoms with Crippen molar-refractivity contribution >= 4 is 28.2 Å². The van der Waals surface area contributed by atoms with Crippen LogP contribution < -0.4 is 4.90 Å². The molecule has 0 atom stereocenters. The first kappa shape index (κ1) is 18.9. The Bertz CT molecular complexity index is 1210. The minimum Gasteiger partial charge on any atom is -0.277 e. The molecule has 0 bridgehead atoms. The van der Waals surface area contributed by atoms with Crippen LogP contribution in [-0.2, 0) is 19.4 Å². The molecule has 1 aliphatic rings. The average Bonchev–Trinajstić information content (AvgIpc) is 3.36. The van der Waals surface area contributed by atoms with Crippen LogP contribution in [0, 0.1) is 13.8 Å². The summed E-state index contributed by atoms with van der Waals surface area (Å²) in [5.74, 6) is 0.321. The van der Waals surface area contributed by atoms with Crippen LogP contribution in [0.5, 0.6) is 0 Å². The van der Waals surface area contributed by atoms with Gasteiger partial charge < -0.3 is 0 Å². The van der Waals surface area contributed by atoms with Gasteiger partial charge in [0, 0.05) is 16.3 Å². The molecule has 1 aromatic carbocycles. The summed E-state index contributed by atoms with van der Waals surface area (Å²) >= 11 is 1.61. The van der Waals surface area contributed by atoms with Gasteiger partial charge in [0.05, 0.1) is 12.2 Å². The zero-order valence-electron chi connectivity index (χ0n) is 17.0. The second-order valence-corrected chi connectivity index (χ2v) is 8.70. The minimum atomic E-state index is -0.257. The first-order chi connectivity index (χ1) is 14.6. The molecule has 152 valence electrons. The summed E-state index contributed by atoms with van der Waals surface area (Å²) in [6.45, 7) is 4.26. The molecule has 0 spiro atoms. The number of hydrogen-bond donors (Lipinski definition) is 0. The second kappa shape index (κ2) is 7.60. The highest BCUT2D eigenvalue weighted by molar-refractivity contribution is 7.16. The Balaban J connectivity index is 1.56. The van der Waals surface area contributed by atoms with Crippen molar-refractivity contribution in [3.05, 3.63) is 69.7 Å². The van der Waals surface area contributed by atoms with Crippen LogP contribution in [0.15, 0.2) is 36.4 Å². The summed E-state index contributed by atoms with van der Waals surface area (Å²) in [7, 11) is 0. The number of fused-ring (bicyclic) bond motifs is 2. The molecule has 0 saturated carbocycles. The molecule has 1 aliphatic carbocycles.